The van der Waals surface area contributed by atoms with Gasteiger partial charge in [-0.2, -0.15) is 0 Å². The number of carbonyl (C=O) groups excluding carboxylic acids is 2. The molecule has 0 unspecified atom stereocenters. The van der Waals surface area contributed by atoms with Gasteiger partial charge in [0.05, 0.1) is 30.8 Å². The molecule has 1 aliphatic carbocycles. The first-order valence-electron chi connectivity index (χ1n) is 11.7. The van der Waals surface area contributed by atoms with Gasteiger partial charge in [0.15, 0.2) is 0 Å². The minimum atomic E-state index is -0.459. The summed E-state index contributed by atoms with van der Waals surface area (Å²) in [5.74, 6) is 0.994. The number of carbonyl (C=O) groups is 2. The van der Waals surface area contributed by atoms with Crippen LogP contribution in [0.25, 0.3) is 0 Å². The fraction of sp³-hybridized carbons (Fsp3) is 0.500. The molecule has 1 aromatic heterocycles. The fourth-order valence-electron chi connectivity index (χ4n) is 5.34. The van der Waals surface area contributed by atoms with Crippen LogP contribution in [0.4, 0.5) is 0 Å². The number of likely N-dealkylation sites (tertiary alicyclic amines) is 1. The van der Waals surface area contributed by atoms with Gasteiger partial charge in [0, 0.05) is 19.7 Å². The maximum Gasteiger partial charge on any atom is 0.233 e. The highest BCUT2D eigenvalue weighted by atomic mass is 16.5. The summed E-state index contributed by atoms with van der Waals surface area (Å²) >= 11 is 0. The second kappa shape index (κ2) is 9.72. The summed E-state index contributed by atoms with van der Waals surface area (Å²) in [4.78, 5) is 32.0. The average Bonchev–Trinajstić information content (AvgIpc) is 3.33. The molecule has 0 bridgehead atoms. The normalized spacial score (nSPS) is 20.1. The molecule has 1 aromatic carbocycles. The Balaban J connectivity index is 1.62. The van der Waals surface area contributed by atoms with Crippen LogP contribution in [0.3, 0.4) is 0 Å². The molecule has 6 nitrogen and oxygen atoms in total. The maximum absolute atomic E-state index is 14.2. The zero-order valence-corrected chi connectivity index (χ0v) is 19.1. The van der Waals surface area contributed by atoms with Gasteiger partial charge in [0.25, 0.3) is 0 Å². The number of hydrogen-bond acceptors (Lipinski definition) is 4. The Labute approximate surface area is 190 Å². The van der Waals surface area contributed by atoms with Crippen LogP contribution in [-0.4, -0.2) is 35.4 Å². The lowest BCUT2D eigenvalue weighted by Gasteiger charge is -2.41. The van der Waals surface area contributed by atoms with Crippen molar-refractivity contribution >= 4 is 11.8 Å². The van der Waals surface area contributed by atoms with Crippen LogP contribution < -0.4 is 10.1 Å². The molecule has 6 heteroatoms. The Kier molecular flexibility index (Phi) is 6.77. The molecule has 0 radical (unpaired) electrons. The first kappa shape index (κ1) is 22.3. The van der Waals surface area contributed by atoms with E-state index >= 15 is 0 Å². The van der Waals surface area contributed by atoms with E-state index in [4.69, 9.17) is 4.74 Å². The van der Waals surface area contributed by atoms with E-state index in [1.54, 1.807) is 13.3 Å². The third-order valence-electron chi connectivity index (χ3n) is 7.02. The molecular weight excluding hydrogens is 402 g/mol. The van der Waals surface area contributed by atoms with Crippen LogP contribution in [0.2, 0.25) is 0 Å². The van der Waals surface area contributed by atoms with Crippen LogP contribution >= 0.6 is 0 Å². The van der Waals surface area contributed by atoms with E-state index in [2.05, 4.69) is 27.3 Å². The summed E-state index contributed by atoms with van der Waals surface area (Å²) in [6, 6.07) is 12.2. The molecule has 1 saturated carbocycles. The van der Waals surface area contributed by atoms with Crippen LogP contribution in [0.15, 0.2) is 42.6 Å². The summed E-state index contributed by atoms with van der Waals surface area (Å²) in [7, 11) is 1.67. The Bertz CT molecular complexity index is 951. The van der Waals surface area contributed by atoms with E-state index in [-0.39, 0.29) is 17.9 Å². The smallest absolute Gasteiger partial charge is 0.233 e. The number of pyridine rings is 1. The molecule has 2 amide bonds. The first-order chi connectivity index (χ1) is 15.5. The standard InChI is InChI=1S/C26H33N3O3/c1-19(30)28-18-22-17-20(12-15-27-22)24-7-6-16-29(24)25(31)26(13-4-3-5-14-26)21-8-10-23(32-2)11-9-21/h8-12,15,17,24H,3-7,13-14,16,18H2,1-2H3,(H,28,30)/t24-/m1/s1. The highest BCUT2D eigenvalue weighted by molar-refractivity contribution is 5.89. The van der Waals surface area contributed by atoms with Gasteiger partial charge in [0.2, 0.25) is 11.8 Å². The predicted molar refractivity (Wildman–Crippen MR) is 123 cm³/mol. The summed E-state index contributed by atoms with van der Waals surface area (Å²) in [5.41, 5.74) is 2.57. The summed E-state index contributed by atoms with van der Waals surface area (Å²) < 4.78 is 5.34. The monoisotopic (exact) mass is 435 g/mol. The second-order valence-corrected chi connectivity index (χ2v) is 9.02. The summed E-state index contributed by atoms with van der Waals surface area (Å²) in [5, 5.41) is 2.81. The van der Waals surface area contributed by atoms with Gasteiger partial charge in [-0.05, 0) is 61.1 Å². The molecule has 4 rings (SSSR count). The molecule has 2 aromatic rings. The average molecular weight is 436 g/mol. The van der Waals surface area contributed by atoms with Crippen molar-refractivity contribution < 1.29 is 14.3 Å². The number of nitrogens with zero attached hydrogens (tertiary/aromatic N) is 2. The number of aromatic nitrogens is 1. The minimum Gasteiger partial charge on any atom is -0.497 e. The van der Waals surface area contributed by atoms with Gasteiger partial charge in [0.1, 0.15) is 5.75 Å². The van der Waals surface area contributed by atoms with Gasteiger partial charge >= 0.3 is 0 Å². The molecule has 1 atom stereocenters. The zero-order chi connectivity index (χ0) is 22.6. The van der Waals surface area contributed by atoms with Gasteiger partial charge < -0.3 is 15.0 Å². The van der Waals surface area contributed by atoms with Gasteiger partial charge in [-0.1, -0.05) is 31.4 Å². The molecule has 2 heterocycles. The van der Waals surface area contributed by atoms with Crippen LogP contribution in [0.5, 0.6) is 5.75 Å². The SMILES string of the molecule is COc1ccc(C2(C(=O)N3CCC[C@@H]3c3ccnc(CNC(C)=O)c3)CCCCC2)cc1. The molecule has 170 valence electrons. The lowest BCUT2D eigenvalue weighted by Crippen LogP contribution is -2.47. The van der Waals surface area contributed by atoms with Crippen molar-refractivity contribution in [2.75, 3.05) is 13.7 Å². The van der Waals surface area contributed by atoms with Gasteiger partial charge in [-0.25, -0.2) is 0 Å². The number of benzene rings is 1. The Hall–Kier alpha value is -2.89. The Morgan fingerprint density at radius 1 is 1.12 bits per heavy atom. The van der Waals surface area contributed by atoms with E-state index in [0.717, 1.165) is 67.6 Å². The highest BCUT2D eigenvalue weighted by Gasteiger charge is 2.46. The maximum atomic E-state index is 14.2. The van der Waals surface area contributed by atoms with Crippen LogP contribution in [0, 0.1) is 0 Å². The number of methoxy groups -OCH3 is 1. The number of rotatable bonds is 6. The zero-order valence-electron chi connectivity index (χ0n) is 19.1. The van der Waals surface area contributed by atoms with E-state index in [9.17, 15) is 9.59 Å². The lowest BCUT2D eigenvalue weighted by atomic mass is 9.68. The molecule has 1 N–H and O–H groups in total. The number of ether oxygens (including phenoxy) is 1. The van der Waals surface area contributed by atoms with Crippen molar-refractivity contribution in [1.82, 2.24) is 15.2 Å². The van der Waals surface area contributed by atoms with Crippen molar-refractivity contribution in [3.63, 3.8) is 0 Å². The Morgan fingerprint density at radius 3 is 2.56 bits per heavy atom. The third kappa shape index (κ3) is 4.50. The molecular formula is C26H33N3O3. The van der Waals surface area contributed by atoms with E-state index < -0.39 is 5.41 Å². The van der Waals surface area contributed by atoms with E-state index in [1.165, 1.54) is 13.3 Å². The van der Waals surface area contributed by atoms with Crippen LogP contribution in [0.1, 0.15) is 74.7 Å². The number of amides is 2. The predicted octanol–water partition coefficient (Wildman–Crippen LogP) is 4.29. The van der Waals surface area contributed by atoms with Crippen molar-refractivity contribution in [2.45, 2.75) is 69.9 Å². The number of hydrogen-bond donors (Lipinski definition) is 1. The van der Waals surface area contributed by atoms with Crippen LogP contribution in [-0.2, 0) is 21.5 Å². The summed E-state index contributed by atoms with van der Waals surface area (Å²) in [6.45, 7) is 2.69. The van der Waals surface area contributed by atoms with Gasteiger partial charge in [-0.3, -0.25) is 14.6 Å². The van der Waals surface area contributed by atoms with E-state index in [1.807, 2.05) is 24.3 Å². The fourth-order valence-corrected chi connectivity index (χ4v) is 5.34. The van der Waals surface area contributed by atoms with Gasteiger partial charge in [-0.15, -0.1) is 0 Å². The molecule has 0 spiro atoms. The molecule has 1 saturated heterocycles. The van der Waals surface area contributed by atoms with Crippen molar-refractivity contribution in [3.8, 4) is 5.75 Å². The minimum absolute atomic E-state index is 0.0543. The molecule has 1 aliphatic heterocycles. The highest BCUT2D eigenvalue weighted by Crippen LogP contribution is 2.44. The topological polar surface area (TPSA) is 71.5 Å². The molecule has 2 fully saturated rings. The van der Waals surface area contributed by atoms with Crippen molar-refractivity contribution in [3.05, 3.63) is 59.4 Å². The summed E-state index contributed by atoms with van der Waals surface area (Å²) in [6.07, 6.45) is 8.86. The molecule has 2 aliphatic rings. The van der Waals surface area contributed by atoms with E-state index in [0.29, 0.717) is 6.54 Å². The van der Waals surface area contributed by atoms with Crippen molar-refractivity contribution in [2.24, 2.45) is 0 Å². The third-order valence-corrected chi connectivity index (χ3v) is 7.02. The second-order valence-electron chi connectivity index (χ2n) is 9.02. The quantitative estimate of drug-likeness (QED) is 0.735. The lowest BCUT2D eigenvalue weighted by molar-refractivity contribution is -0.140. The Morgan fingerprint density at radius 2 is 1.88 bits per heavy atom. The van der Waals surface area contributed by atoms with Crippen molar-refractivity contribution in [1.29, 1.82) is 0 Å². The first-order valence-corrected chi connectivity index (χ1v) is 11.7. The molecule has 32 heavy (non-hydrogen) atoms. The largest absolute Gasteiger partial charge is 0.497 e. The number of nitrogens with one attached hydrogen (secondary N) is 1.